The summed E-state index contributed by atoms with van der Waals surface area (Å²) < 4.78 is 0. The number of nitrogens with zero attached hydrogens (tertiary/aromatic N) is 3. The molecule has 0 aliphatic rings. The van der Waals surface area contributed by atoms with E-state index in [-0.39, 0.29) is 5.75 Å². The van der Waals surface area contributed by atoms with E-state index in [1.54, 1.807) is 18.2 Å². The Bertz CT molecular complexity index is 527. The number of phenols is 1. The van der Waals surface area contributed by atoms with Gasteiger partial charge in [-0.2, -0.15) is 5.11 Å². The maximum atomic E-state index is 9.52. The van der Waals surface area contributed by atoms with Gasteiger partial charge in [-0.25, -0.2) is 4.98 Å². The second-order valence-electron chi connectivity index (χ2n) is 3.28. The lowest BCUT2D eigenvalue weighted by molar-refractivity contribution is 0.468. The molecular weight excluding hydrogens is 258 g/mol. The molecule has 0 bridgehead atoms. The first kappa shape index (κ1) is 12.0. The lowest BCUT2D eigenvalue weighted by Gasteiger charge is -1.97. The van der Waals surface area contributed by atoms with E-state index >= 15 is 0 Å². The smallest absolute Gasteiger partial charge is 0.229 e. The Labute approximate surface area is 108 Å². The number of alkyl halides is 1. The molecule has 2 aromatic rings. The summed E-state index contributed by atoms with van der Waals surface area (Å²) in [5.41, 5.74) is 1.54. The van der Waals surface area contributed by atoms with Crippen LogP contribution in [0.25, 0.3) is 0 Å². The number of hydrogen-bond donors (Lipinski definition) is 1. The Morgan fingerprint density at radius 3 is 2.88 bits per heavy atom. The van der Waals surface area contributed by atoms with E-state index in [0.29, 0.717) is 17.6 Å². The largest absolute Gasteiger partial charge is 0.508 e. The van der Waals surface area contributed by atoms with Crippen molar-refractivity contribution in [1.82, 2.24) is 4.98 Å². The van der Waals surface area contributed by atoms with E-state index in [2.05, 4.69) is 15.2 Å². The number of rotatable bonds is 4. The highest BCUT2D eigenvalue weighted by Gasteiger charge is 2.00. The van der Waals surface area contributed by atoms with Gasteiger partial charge in [-0.1, -0.05) is 18.2 Å². The van der Waals surface area contributed by atoms with Crippen molar-refractivity contribution in [3.8, 4) is 5.75 Å². The Morgan fingerprint density at radius 1 is 1.35 bits per heavy atom. The van der Waals surface area contributed by atoms with E-state index in [1.165, 1.54) is 11.3 Å². The Balaban J connectivity index is 2.00. The fourth-order valence-electron chi connectivity index (χ4n) is 1.22. The number of para-hydroxylation sites is 1. The molecular formula is C11H10ClN3OS. The maximum Gasteiger partial charge on any atom is 0.229 e. The van der Waals surface area contributed by atoms with Crippen LogP contribution in [0.3, 0.4) is 0 Å². The Hall–Kier alpha value is -1.46. The molecule has 0 saturated heterocycles. The van der Waals surface area contributed by atoms with Gasteiger partial charge in [0.1, 0.15) is 5.75 Å². The van der Waals surface area contributed by atoms with Gasteiger partial charge in [0.2, 0.25) is 5.13 Å². The van der Waals surface area contributed by atoms with Crippen molar-refractivity contribution in [2.24, 2.45) is 10.2 Å². The first-order valence-electron chi connectivity index (χ1n) is 4.94. The molecule has 0 spiro atoms. The van der Waals surface area contributed by atoms with Crippen molar-refractivity contribution in [1.29, 1.82) is 0 Å². The van der Waals surface area contributed by atoms with Gasteiger partial charge in [-0.3, -0.25) is 0 Å². The highest BCUT2D eigenvalue weighted by atomic mass is 35.5. The van der Waals surface area contributed by atoms with Gasteiger partial charge >= 0.3 is 0 Å². The van der Waals surface area contributed by atoms with Crippen molar-refractivity contribution >= 4 is 28.1 Å². The molecule has 0 fully saturated rings. The predicted octanol–water partition coefficient (Wildman–Crippen LogP) is 3.87. The normalized spacial score (nSPS) is 11.1. The summed E-state index contributed by atoms with van der Waals surface area (Å²) in [6.45, 7) is 0.336. The third kappa shape index (κ3) is 3.25. The number of aromatic hydroxyl groups is 1. The average molecular weight is 268 g/mol. The van der Waals surface area contributed by atoms with Crippen molar-refractivity contribution in [3.63, 3.8) is 0 Å². The molecule has 88 valence electrons. The Kier molecular flexibility index (Phi) is 4.06. The molecule has 0 unspecified atom stereocenters. The first-order chi connectivity index (χ1) is 8.29. The standard InChI is InChI=1S/C11H10ClN3OS/c12-5-9-7-17-11(14-9)15-13-6-8-3-1-2-4-10(8)16/h1-4,7,16H,5-6H2. The van der Waals surface area contributed by atoms with Crippen LogP contribution in [-0.4, -0.2) is 10.1 Å². The molecule has 1 aromatic carbocycles. The van der Waals surface area contributed by atoms with Gasteiger partial charge in [0, 0.05) is 10.9 Å². The van der Waals surface area contributed by atoms with Crippen molar-refractivity contribution < 1.29 is 5.11 Å². The molecule has 1 N–H and O–H groups in total. The summed E-state index contributed by atoms with van der Waals surface area (Å²) >= 11 is 7.02. The van der Waals surface area contributed by atoms with Gasteiger partial charge < -0.3 is 5.11 Å². The summed E-state index contributed by atoms with van der Waals surface area (Å²) in [6.07, 6.45) is 0. The second kappa shape index (κ2) is 5.75. The number of azo groups is 1. The molecule has 0 radical (unpaired) electrons. The average Bonchev–Trinajstić information content (AvgIpc) is 2.80. The minimum atomic E-state index is 0.229. The lowest BCUT2D eigenvalue weighted by Crippen LogP contribution is -1.80. The fraction of sp³-hybridized carbons (Fsp3) is 0.182. The van der Waals surface area contributed by atoms with Crippen molar-refractivity contribution in [3.05, 3.63) is 40.9 Å². The minimum Gasteiger partial charge on any atom is -0.508 e. The monoisotopic (exact) mass is 267 g/mol. The summed E-state index contributed by atoms with van der Waals surface area (Å²) in [4.78, 5) is 4.15. The van der Waals surface area contributed by atoms with Gasteiger partial charge in [-0.15, -0.1) is 28.1 Å². The molecule has 2 rings (SSSR count). The molecule has 4 nitrogen and oxygen atoms in total. The van der Waals surface area contributed by atoms with E-state index in [4.69, 9.17) is 11.6 Å². The van der Waals surface area contributed by atoms with E-state index < -0.39 is 0 Å². The molecule has 0 atom stereocenters. The van der Waals surface area contributed by atoms with Crippen LogP contribution < -0.4 is 0 Å². The summed E-state index contributed by atoms with van der Waals surface area (Å²) in [5.74, 6) is 0.609. The highest BCUT2D eigenvalue weighted by molar-refractivity contribution is 7.13. The quantitative estimate of drug-likeness (QED) is 0.675. The molecule has 0 amide bonds. The van der Waals surface area contributed by atoms with Crippen LogP contribution in [0.2, 0.25) is 0 Å². The van der Waals surface area contributed by atoms with Crippen LogP contribution in [0.4, 0.5) is 5.13 Å². The molecule has 0 saturated carbocycles. The van der Waals surface area contributed by atoms with Gasteiger partial charge in [0.25, 0.3) is 0 Å². The third-order valence-corrected chi connectivity index (χ3v) is 3.11. The predicted molar refractivity (Wildman–Crippen MR) is 68.0 cm³/mol. The van der Waals surface area contributed by atoms with E-state index in [1.807, 2.05) is 11.4 Å². The summed E-state index contributed by atoms with van der Waals surface area (Å²) in [5, 5.41) is 19.9. The number of benzene rings is 1. The number of aromatic nitrogens is 1. The first-order valence-corrected chi connectivity index (χ1v) is 6.36. The topological polar surface area (TPSA) is 57.8 Å². The van der Waals surface area contributed by atoms with Crippen molar-refractivity contribution in [2.75, 3.05) is 0 Å². The molecule has 17 heavy (non-hydrogen) atoms. The summed E-state index contributed by atoms with van der Waals surface area (Å²) in [6, 6.07) is 7.04. The lowest BCUT2D eigenvalue weighted by atomic mass is 10.2. The second-order valence-corrected chi connectivity index (χ2v) is 4.39. The minimum absolute atomic E-state index is 0.229. The number of phenolic OH excluding ortho intramolecular Hbond substituents is 1. The molecule has 6 heteroatoms. The number of hydrogen-bond acceptors (Lipinski definition) is 5. The van der Waals surface area contributed by atoms with Gasteiger partial charge in [-0.05, 0) is 6.07 Å². The van der Waals surface area contributed by atoms with Crippen LogP contribution in [0.5, 0.6) is 5.75 Å². The van der Waals surface area contributed by atoms with Gasteiger partial charge in [0.15, 0.2) is 0 Å². The zero-order valence-electron chi connectivity index (χ0n) is 8.88. The molecule has 1 heterocycles. The number of thiazole rings is 1. The maximum absolute atomic E-state index is 9.52. The third-order valence-electron chi connectivity index (χ3n) is 2.07. The molecule has 1 aromatic heterocycles. The highest BCUT2D eigenvalue weighted by Crippen LogP contribution is 2.21. The number of halogens is 1. The summed E-state index contributed by atoms with van der Waals surface area (Å²) in [7, 11) is 0. The molecule has 0 aliphatic carbocycles. The van der Waals surface area contributed by atoms with Crippen LogP contribution in [-0.2, 0) is 12.4 Å². The van der Waals surface area contributed by atoms with E-state index in [9.17, 15) is 5.11 Å². The van der Waals surface area contributed by atoms with Crippen LogP contribution in [0, 0.1) is 0 Å². The zero-order valence-corrected chi connectivity index (χ0v) is 10.4. The van der Waals surface area contributed by atoms with E-state index in [0.717, 1.165) is 11.3 Å². The van der Waals surface area contributed by atoms with Crippen LogP contribution in [0.15, 0.2) is 39.9 Å². The molecule has 0 aliphatic heterocycles. The Morgan fingerprint density at radius 2 is 2.18 bits per heavy atom. The van der Waals surface area contributed by atoms with Gasteiger partial charge in [0.05, 0.1) is 18.1 Å². The van der Waals surface area contributed by atoms with Crippen LogP contribution in [0.1, 0.15) is 11.3 Å². The SMILES string of the molecule is Oc1ccccc1CN=Nc1nc(CCl)cs1. The van der Waals surface area contributed by atoms with Crippen LogP contribution >= 0.6 is 22.9 Å². The fourth-order valence-corrected chi connectivity index (χ4v) is 2.10. The van der Waals surface area contributed by atoms with Crippen molar-refractivity contribution in [2.45, 2.75) is 12.4 Å². The zero-order chi connectivity index (χ0) is 12.1.